The fraction of sp³-hybridized carbons (Fsp3) is 0.571. The van der Waals surface area contributed by atoms with Crippen molar-refractivity contribution in [3.63, 3.8) is 0 Å². The van der Waals surface area contributed by atoms with Crippen LogP contribution >= 0.6 is 0 Å². The molecule has 0 saturated heterocycles. The molecule has 0 saturated carbocycles. The summed E-state index contributed by atoms with van der Waals surface area (Å²) >= 11 is 0. The molecule has 0 spiro atoms. The van der Waals surface area contributed by atoms with E-state index in [0.29, 0.717) is 11.9 Å². The Labute approximate surface area is 114 Å². The fourth-order valence-electron chi connectivity index (χ4n) is 2.35. The van der Waals surface area contributed by atoms with E-state index in [1.165, 1.54) is 0 Å². The van der Waals surface area contributed by atoms with Crippen LogP contribution in [-0.2, 0) is 5.54 Å². The highest BCUT2D eigenvalue weighted by Gasteiger charge is 2.23. The molecule has 5 heteroatoms. The Hall–Kier alpha value is -1.78. The summed E-state index contributed by atoms with van der Waals surface area (Å²) in [5.74, 6) is 1.63. The molecule has 2 aromatic heterocycles. The quantitative estimate of drug-likeness (QED) is 0.904. The number of anilines is 1. The van der Waals surface area contributed by atoms with Gasteiger partial charge < -0.3 is 10.3 Å². The number of imidazole rings is 1. The molecule has 5 nitrogen and oxygen atoms in total. The van der Waals surface area contributed by atoms with Gasteiger partial charge in [0, 0.05) is 23.3 Å². The molecule has 0 unspecified atom stereocenters. The lowest BCUT2D eigenvalue weighted by Gasteiger charge is -2.24. The normalized spacial score (nSPS) is 12.4. The van der Waals surface area contributed by atoms with Crippen molar-refractivity contribution in [3.8, 4) is 11.3 Å². The molecule has 2 aromatic rings. The van der Waals surface area contributed by atoms with Crippen LogP contribution < -0.4 is 5.73 Å². The molecule has 2 N–H and O–H groups in total. The zero-order valence-electron chi connectivity index (χ0n) is 12.6. The highest BCUT2D eigenvalue weighted by Crippen LogP contribution is 2.31. The second kappa shape index (κ2) is 4.40. The molecule has 0 amide bonds. The maximum atomic E-state index is 6.27. The van der Waals surface area contributed by atoms with Crippen molar-refractivity contribution in [2.24, 2.45) is 0 Å². The predicted molar refractivity (Wildman–Crippen MR) is 78.0 cm³/mol. The minimum absolute atomic E-state index is 0.0759. The third kappa shape index (κ3) is 2.37. The first-order valence-electron chi connectivity index (χ1n) is 6.61. The minimum Gasteiger partial charge on any atom is -0.383 e. The topological polar surface area (TPSA) is 61.7 Å². The van der Waals surface area contributed by atoms with Gasteiger partial charge in [-0.25, -0.2) is 4.98 Å². The van der Waals surface area contributed by atoms with Crippen molar-refractivity contribution in [3.05, 3.63) is 18.2 Å². The molecule has 0 radical (unpaired) electrons. The molecule has 104 valence electrons. The van der Waals surface area contributed by atoms with Crippen molar-refractivity contribution in [2.75, 3.05) is 5.73 Å². The van der Waals surface area contributed by atoms with Crippen molar-refractivity contribution in [2.45, 2.75) is 53.1 Å². The van der Waals surface area contributed by atoms with Gasteiger partial charge in [-0.1, -0.05) is 0 Å². The van der Waals surface area contributed by atoms with Gasteiger partial charge in [-0.3, -0.25) is 4.68 Å². The molecule has 2 rings (SSSR count). The molecule has 0 atom stereocenters. The Morgan fingerprint density at radius 1 is 1.26 bits per heavy atom. The van der Waals surface area contributed by atoms with Gasteiger partial charge in [-0.2, -0.15) is 5.10 Å². The molecule has 0 aliphatic heterocycles. The van der Waals surface area contributed by atoms with Gasteiger partial charge in [0.2, 0.25) is 0 Å². The molecule has 0 aromatic carbocycles. The van der Waals surface area contributed by atoms with Gasteiger partial charge in [-0.05, 0) is 41.5 Å². The monoisotopic (exact) mass is 261 g/mol. The number of nitrogens with zero attached hydrogens (tertiary/aromatic N) is 4. The van der Waals surface area contributed by atoms with Crippen LogP contribution in [0.3, 0.4) is 0 Å². The summed E-state index contributed by atoms with van der Waals surface area (Å²) in [5.41, 5.74) is 7.98. The van der Waals surface area contributed by atoms with Gasteiger partial charge >= 0.3 is 0 Å². The summed E-state index contributed by atoms with van der Waals surface area (Å²) in [6.07, 6.45) is 3.82. The largest absolute Gasteiger partial charge is 0.383 e. The van der Waals surface area contributed by atoms with Crippen molar-refractivity contribution >= 4 is 5.82 Å². The zero-order valence-corrected chi connectivity index (χ0v) is 12.6. The van der Waals surface area contributed by atoms with Gasteiger partial charge in [0.15, 0.2) is 0 Å². The first kappa shape index (κ1) is 13.6. The standard InChI is InChI=1S/C14H23N5/c1-9(2)18-8-11(7-16-18)12-13(15)19(10(3)17-12)14(4,5)6/h7-9H,15H2,1-6H3. The molecular weight excluding hydrogens is 238 g/mol. The Morgan fingerprint density at radius 3 is 2.32 bits per heavy atom. The average molecular weight is 261 g/mol. The smallest absolute Gasteiger partial charge is 0.132 e. The third-order valence-electron chi connectivity index (χ3n) is 3.16. The molecule has 0 bridgehead atoms. The van der Waals surface area contributed by atoms with Crippen LogP contribution in [0.1, 0.15) is 46.5 Å². The molecule has 0 aliphatic rings. The number of rotatable bonds is 2. The summed E-state index contributed by atoms with van der Waals surface area (Å²) in [5, 5.41) is 4.35. The van der Waals surface area contributed by atoms with Gasteiger partial charge in [0.05, 0.1) is 6.20 Å². The second-order valence-electron chi connectivity index (χ2n) is 6.20. The number of aryl methyl sites for hydroxylation is 1. The molecule has 0 aliphatic carbocycles. The SMILES string of the molecule is Cc1nc(-c2cnn(C(C)C)c2)c(N)n1C(C)(C)C. The van der Waals surface area contributed by atoms with Crippen LogP contribution in [0.5, 0.6) is 0 Å². The first-order chi connectivity index (χ1) is 8.71. The first-order valence-corrected chi connectivity index (χ1v) is 6.61. The molecule has 19 heavy (non-hydrogen) atoms. The number of hydrogen-bond acceptors (Lipinski definition) is 3. The van der Waals surface area contributed by atoms with Gasteiger partial charge in [-0.15, -0.1) is 0 Å². The average Bonchev–Trinajstić information content (AvgIpc) is 2.81. The molecule has 2 heterocycles. The Morgan fingerprint density at radius 2 is 1.89 bits per heavy atom. The van der Waals surface area contributed by atoms with Crippen molar-refractivity contribution in [1.82, 2.24) is 19.3 Å². The Kier molecular flexibility index (Phi) is 3.16. The van der Waals surface area contributed by atoms with E-state index >= 15 is 0 Å². The lowest BCUT2D eigenvalue weighted by Crippen LogP contribution is -2.24. The van der Waals surface area contributed by atoms with Crippen LogP contribution in [0.4, 0.5) is 5.82 Å². The van der Waals surface area contributed by atoms with Crippen molar-refractivity contribution in [1.29, 1.82) is 0 Å². The number of nitrogens with two attached hydrogens (primary N) is 1. The van der Waals surface area contributed by atoms with E-state index in [1.54, 1.807) is 0 Å². The fourth-order valence-corrected chi connectivity index (χ4v) is 2.35. The van der Waals surface area contributed by atoms with E-state index in [0.717, 1.165) is 17.1 Å². The summed E-state index contributed by atoms with van der Waals surface area (Å²) in [6.45, 7) is 12.5. The minimum atomic E-state index is -0.0759. The van der Waals surface area contributed by atoms with E-state index < -0.39 is 0 Å². The van der Waals surface area contributed by atoms with E-state index in [4.69, 9.17) is 5.73 Å². The maximum absolute atomic E-state index is 6.27. The second-order valence-corrected chi connectivity index (χ2v) is 6.20. The lowest BCUT2D eigenvalue weighted by molar-refractivity contribution is 0.393. The van der Waals surface area contributed by atoms with Gasteiger partial charge in [0.25, 0.3) is 0 Å². The van der Waals surface area contributed by atoms with E-state index in [2.05, 4.69) is 49.3 Å². The molecule has 0 fully saturated rings. The van der Waals surface area contributed by atoms with Crippen molar-refractivity contribution < 1.29 is 0 Å². The third-order valence-corrected chi connectivity index (χ3v) is 3.16. The lowest BCUT2D eigenvalue weighted by atomic mass is 10.1. The molecular formula is C14H23N5. The van der Waals surface area contributed by atoms with Crippen LogP contribution in [0.2, 0.25) is 0 Å². The van der Waals surface area contributed by atoms with E-state index in [9.17, 15) is 0 Å². The summed E-state index contributed by atoms with van der Waals surface area (Å²) in [7, 11) is 0. The Bertz CT molecular complexity index is 583. The highest BCUT2D eigenvalue weighted by atomic mass is 15.3. The van der Waals surface area contributed by atoms with Crippen LogP contribution in [0.25, 0.3) is 11.3 Å². The van der Waals surface area contributed by atoms with E-state index in [1.807, 2.05) is 24.0 Å². The highest BCUT2D eigenvalue weighted by molar-refractivity contribution is 5.70. The maximum Gasteiger partial charge on any atom is 0.132 e. The predicted octanol–water partition coefficient (Wildman–Crippen LogP) is 2.97. The van der Waals surface area contributed by atoms with Crippen LogP contribution in [0, 0.1) is 6.92 Å². The van der Waals surface area contributed by atoms with E-state index in [-0.39, 0.29) is 5.54 Å². The van der Waals surface area contributed by atoms with Gasteiger partial charge in [0.1, 0.15) is 17.3 Å². The zero-order chi connectivity index (χ0) is 14.4. The number of hydrogen-bond donors (Lipinski definition) is 1. The number of aromatic nitrogens is 4. The van der Waals surface area contributed by atoms with Crippen LogP contribution in [0.15, 0.2) is 12.4 Å². The van der Waals surface area contributed by atoms with Crippen LogP contribution in [-0.4, -0.2) is 19.3 Å². The summed E-state index contributed by atoms with van der Waals surface area (Å²) in [6, 6.07) is 0.334. The number of nitrogen functional groups attached to an aromatic ring is 1. The Balaban J connectivity index is 2.52. The summed E-state index contributed by atoms with van der Waals surface area (Å²) < 4.78 is 3.98. The summed E-state index contributed by atoms with van der Waals surface area (Å²) in [4.78, 5) is 4.60.